The average Bonchev–Trinajstić information content (AvgIpc) is 3.04. The van der Waals surface area contributed by atoms with E-state index in [-0.39, 0.29) is 30.8 Å². The van der Waals surface area contributed by atoms with Gasteiger partial charge in [0.2, 0.25) is 0 Å². The number of aryl methyl sites for hydroxylation is 2. The summed E-state index contributed by atoms with van der Waals surface area (Å²) >= 11 is 0. The maximum Gasteiger partial charge on any atom is 0.277 e. The molecule has 1 saturated carbocycles. The lowest BCUT2D eigenvalue weighted by atomic mass is 10.0. The minimum Gasteiger partial charge on any atom is -0.396 e. The first kappa shape index (κ1) is 16.0. The molecule has 23 heavy (non-hydrogen) atoms. The predicted octanol–water partition coefficient (Wildman–Crippen LogP) is 1.56. The molecule has 1 N–H and O–H groups in total. The molecule has 1 fully saturated rings. The van der Waals surface area contributed by atoms with Gasteiger partial charge in [0.15, 0.2) is 0 Å². The smallest absolute Gasteiger partial charge is 0.277 e. The van der Waals surface area contributed by atoms with Crippen LogP contribution >= 0.6 is 0 Å². The minimum absolute atomic E-state index is 0.0519. The maximum atomic E-state index is 13.7. The van der Waals surface area contributed by atoms with Crippen LogP contribution in [-0.2, 0) is 13.0 Å². The fourth-order valence-corrected chi connectivity index (χ4v) is 3.32. The number of fused-ring (bicyclic) bond motifs is 1. The number of aliphatic hydroxyl groups is 1. The van der Waals surface area contributed by atoms with Crippen LogP contribution in [0.25, 0.3) is 5.78 Å². The molecular weight excluding hydrogens is 306 g/mol. The summed E-state index contributed by atoms with van der Waals surface area (Å²) in [4.78, 5) is 20.9. The van der Waals surface area contributed by atoms with Crippen LogP contribution in [0.3, 0.4) is 0 Å². The van der Waals surface area contributed by atoms with E-state index in [2.05, 4.69) is 9.97 Å². The normalized spacial score (nSPS) is 20.4. The number of aliphatic hydroxyl groups excluding tert-OH is 1. The maximum absolute atomic E-state index is 13.7. The van der Waals surface area contributed by atoms with Gasteiger partial charge in [-0.15, -0.1) is 0 Å². The third-order valence-electron chi connectivity index (χ3n) is 4.64. The van der Waals surface area contributed by atoms with Gasteiger partial charge >= 0.3 is 0 Å². The second kappa shape index (κ2) is 5.99. The molecule has 1 aliphatic carbocycles. The van der Waals surface area contributed by atoms with E-state index in [0.29, 0.717) is 37.1 Å². The zero-order chi connectivity index (χ0) is 16.6. The Hall–Kier alpha value is -1.83. The fraction of sp³-hybridized carbons (Fsp3) is 0.667. The van der Waals surface area contributed by atoms with Gasteiger partial charge in [-0.05, 0) is 26.2 Å². The van der Waals surface area contributed by atoms with Crippen molar-refractivity contribution in [1.29, 1.82) is 0 Å². The number of rotatable bonds is 5. The molecule has 2 heterocycles. The van der Waals surface area contributed by atoms with Crippen molar-refractivity contribution in [2.45, 2.75) is 51.5 Å². The average molecular weight is 326 g/mol. The van der Waals surface area contributed by atoms with Crippen LogP contribution in [0.5, 0.6) is 0 Å². The van der Waals surface area contributed by atoms with Crippen molar-refractivity contribution in [2.75, 3.05) is 6.61 Å². The predicted molar refractivity (Wildman–Crippen MR) is 79.7 cm³/mol. The van der Waals surface area contributed by atoms with Crippen molar-refractivity contribution < 1.29 is 13.9 Å². The lowest BCUT2D eigenvalue weighted by Crippen LogP contribution is -2.28. The lowest BCUT2D eigenvalue weighted by Gasteiger charge is -2.19. The van der Waals surface area contributed by atoms with E-state index in [1.807, 2.05) is 0 Å². The molecule has 2 aromatic heterocycles. The number of alkyl halides is 2. The molecule has 0 aromatic carbocycles. The monoisotopic (exact) mass is 326 g/mol. The van der Waals surface area contributed by atoms with Crippen LogP contribution in [0, 0.1) is 12.8 Å². The first-order valence-electron chi connectivity index (χ1n) is 7.86. The topological polar surface area (TPSA) is 72.4 Å². The molecule has 0 bridgehead atoms. The van der Waals surface area contributed by atoms with Crippen molar-refractivity contribution in [1.82, 2.24) is 19.2 Å². The molecular formula is C15H20F2N4O2. The zero-order valence-corrected chi connectivity index (χ0v) is 13.0. The van der Waals surface area contributed by atoms with E-state index in [9.17, 15) is 13.6 Å². The van der Waals surface area contributed by atoms with Crippen molar-refractivity contribution in [3.63, 3.8) is 0 Å². The first-order chi connectivity index (χ1) is 10.9. The highest BCUT2D eigenvalue weighted by Gasteiger charge is 2.43. The van der Waals surface area contributed by atoms with E-state index in [0.717, 1.165) is 0 Å². The molecule has 1 atom stereocenters. The molecule has 0 aliphatic heterocycles. The number of hydrogen-bond donors (Lipinski definition) is 1. The Balaban J connectivity index is 1.90. The Morgan fingerprint density at radius 1 is 1.48 bits per heavy atom. The Bertz CT molecular complexity index is 769. The van der Waals surface area contributed by atoms with Gasteiger partial charge in [-0.1, -0.05) is 0 Å². The Labute approximate surface area is 131 Å². The lowest BCUT2D eigenvalue weighted by molar-refractivity contribution is -0.0409. The molecule has 2 aromatic rings. The molecule has 0 radical (unpaired) electrons. The summed E-state index contributed by atoms with van der Waals surface area (Å²) in [6.07, 6.45) is 2.98. The van der Waals surface area contributed by atoms with Crippen molar-refractivity contribution >= 4 is 5.78 Å². The van der Waals surface area contributed by atoms with Gasteiger partial charge in [0.1, 0.15) is 6.33 Å². The van der Waals surface area contributed by atoms with Crippen LogP contribution in [0.1, 0.15) is 36.9 Å². The van der Waals surface area contributed by atoms with Crippen LogP contribution < -0.4 is 5.56 Å². The SMILES string of the molecule is Cc1nc2ncn(CCC3CCCC3(F)F)n2c(=O)c1CCO. The van der Waals surface area contributed by atoms with Crippen molar-refractivity contribution in [3.8, 4) is 0 Å². The second-order valence-corrected chi connectivity index (χ2v) is 6.11. The summed E-state index contributed by atoms with van der Waals surface area (Å²) < 4.78 is 30.3. The van der Waals surface area contributed by atoms with E-state index in [1.54, 1.807) is 11.6 Å². The fourth-order valence-electron chi connectivity index (χ4n) is 3.32. The number of halogens is 2. The molecule has 3 rings (SSSR count). The zero-order valence-electron chi connectivity index (χ0n) is 13.0. The Morgan fingerprint density at radius 3 is 2.91 bits per heavy atom. The molecule has 0 saturated heterocycles. The van der Waals surface area contributed by atoms with Gasteiger partial charge in [-0.25, -0.2) is 13.8 Å². The second-order valence-electron chi connectivity index (χ2n) is 6.11. The molecule has 0 amide bonds. The van der Waals surface area contributed by atoms with Gasteiger partial charge < -0.3 is 5.11 Å². The van der Waals surface area contributed by atoms with Crippen LogP contribution in [0.2, 0.25) is 0 Å². The standard InChI is InChI=1S/C15H20F2N4O2/c1-10-12(5-8-22)13(23)21-14(19-10)18-9-20(21)7-4-11-3-2-6-15(11,16)17/h9,11,22H,2-8H2,1H3. The van der Waals surface area contributed by atoms with E-state index >= 15 is 0 Å². The summed E-state index contributed by atoms with van der Waals surface area (Å²) in [6.45, 7) is 1.84. The van der Waals surface area contributed by atoms with E-state index in [1.165, 1.54) is 10.8 Å². The van der Waals surface area contributed by atoms with Gasteiger partial charge in [0.25, 0.3) is 17.3 Å². The molecule has 8 heteroatoms. The molecule has 126 valence electrons. The molecule has 6 nitrogen and oxygen atoms in total. The van der Waals surface area contributed by atoms with Gasteiger partial charge in [-0.3, -0.25) is 9.48 Å². The van der Waals surface area contributed by atoms with Gasteiger partial charge in [0, 0.05) is 37.5 Å². The van der Waals surface area contributed by atoms with E-state index in [4.69, 9.17) is 5.11 Å². The largest absolute Gasteiger partial charge is 0.396 e. The Morgan fingerprint density at radius 2 is 2.26 bits per heavy atom. The summed E-state index contributed by atoms with van der Waals surface area (Å²) in [5.74, 6) is -3.00. The highest BCUT2D eigenvalue weighted by atomic mass is 19.3. The third-order valence-corrected chi connectivity index (χ3v) is 4.64. The van der Waals surface area contributed by atoms with Gasteiger partial charge in [-0.2, -0.15) is 9.50 Å². The van der Waals surface area contributed by atoms with E-state index < -0.39 is 11.8 Å². The quantitative estimate of drug-likeness (QED) is 0.905. The highest BCUT2D eigenvalue weighted by molar-refractivity contribution is 5.31. The van der Waals surface area contributed by atoms with Crippen molar-refractivity contribution in [3.05, 3.63) is 27.9 Å². The molecule has 0 spiro atoms. The number of hydrogen-bond acceptors (Lipinski definition) is 4. The summed E-state index contributed by atoms with van der Waals surface area (Å²) in [5, 5.41) is 9.08. The summed E-state index contributed by atoms with van der Waals surface area (Å²) in [7, 11) is 0. The first-order valence-corrected chi connectivity index (χ1v) is 7.86. The number of nitrogens with zero attached hydrogens (tertiary/aromatic N) is 4. The van der Waals surface area contributed by atoms with Crippen LogP contribution in [0.15, 0.2) is 11.1 Å². The third kappa shape index (κ3) is 2.87. The highest BCUT2D eigenvalue weighted by Crippen LogP contribution is 2.42. The summed E-state index contributed by atoms with van der Waals surface area (Å²) in [6, 6.07) is 0. The van der Waals surface area contributed by atoms with Crippen molar-refractivity contribution in [2.24, 2.45) is 5.92 Å². The van der Waals surface area contributed by atoms with Crippen LogP contribution in [-0.4, -0.2) is 36.8 Å². The molecule has 1 aliphatic rings. The number of aromatic nitrogens is 4. The Kier molecular flexibility index (Phi) is 4.18. The van der Waals surface area contributed by atoms with Crippen LogP contribution in [0.4, 0.5) is 8.78 Å². The molecule has 1 unspecified atom stereocenters. The summed E-state index contributed by atoms with van der Waals surface area (Å²) in [5.41, 5.74) is 0.673. The minimum atomic E-state index is -2.61. The van der Waals surface area contributed by atoms with Gasteiger partial charge in [0.05, 0.1) is 5.69 Å².